The minimum Gasteiger partial charge on any atom is -0.395 e. The topological polar surface area (TPSA) is 43.8 Å². The number of amides is 1. The Hall–Kier alpha value is -1.39. The summed E-state index contributed by atoms with van der Waals surface area (Å²) in [5.41, 5.74) is 2.29. The van der Waals surface area contributed by atoms with Crippen LogP contribution in [0.3, 0.4) is 0 Å². The summed E-state index contributed by atoms with van der Waals surface area (Å²) >= 11 is 0. The molecule has 0 unspecified atom stereocenters. The molecule has 0 aliphatic carbocycles. The normalized spacial score (nSPS) is 14.1. The third kappa shape index (κ3) is 2.71. The first-order chi connectivity index (χ1) is 8.76. The van der Waals surface area contributed by atoms with Crippen LogP contribution in [0.15, 0.2) is 24.3 Å². The third-order valence-electron chi connectivity index (χ3n) is 3.41. The zero-order valence-electron chi connectivity index (χ0n) is 10.8. The van der Waals surface area contributed by atoms with Crippen molar-refractivity contribution in [3.05, 3.63) is 29.8 Å². The fraction of sp³-hybridized carbons (Fsp3) is 0.500. The number of para-hydroxylation sites is 1. The number of likely N-dealkylation sites (N-methyl/N-ethyl adjacent to an activating group) is 1. The van der Waals surface area contributed by atoms with Gasteiger partial charge in [0.25, 0.3) is 0 Å². The highest BCUT2D eigenvalue weighted by atomic mass is 16.3. The number of anilines is 1. The molecule has 0 saturated carbocycles. The monoisotopic (exact) mass is 248 g/mol. The van der Waals surface area contributed by atoms with Crippen LogP contribution in [-0.2, 0) is 11.2 Å². The molecule has 98 valence electrons. The molecule has 1 heterocycles. The van der Waals surface area contributed by atoms with Crippen LogP contribution in [0.2, 0.25) is 0 Å². The van der Waals surface area contributed by atoms with E-state index < -0.39 is 0 Å². The minimum atomic E-state index is 0.0949. The lowest BCUT2D eigenvalue weighted by atomic mass is 10.2. The third-order valence-corrected chi connectivity index (χ3v) is 3.41. The van der Waals surface area contributed by atoms with Gasteiger partial charge in [-0.15, -0.1) is 0 Å². The number of aliphatic hydroxyl groups is 1. The smallest absolute Gasteiger partial charge is 0.241 e. The maximum atomic E-state index is 12.3. The quantitative estimate of drug-likeness (QED) is 0.841. The fourth-order valence-corrected chi connectivity index (χ4v) is 2.36. The van der Waals surface area contributed by atoms with Gasteiger partial charge in [-0.1, -0.05) is 25.1 Å². The van der Waals surface area contributed by atoms with Crippen LogP contribution in [0, 0.1) is 0 Å². The predicted molar refractivity (Wildman–Crippen MR) is 71.7 cm³/mol. The molecular formula is C14H20N2O2. The molecule has 0 fully saturated rings. The van der Waals surface area contributed by atoms with Crippen LogP contribution in [0.1, 0.15) is 12.5 Å². The Balaban J connectivity index is 2.03. The highest BCUT2D eigenvalue weighted by molar-refractivity contribution is 5.96. The van der Waals surface area contributed by atoms with Gasteiger partial charge < -0.3 is 10.0 Å². The summed E-state index contributed by atoms with van der Waals surface area (Å²) in [7, 11) is 0. The first kappa shape index (κ1) is 13.1. The summed E-state index contributed by atoms with van der Waals surface area (Å²) in [6.45, 7) is 4.58. The average Bonchev–Trinajstić information content (AvgIpc) is 2.82. The molecule has 0 aromatic heterocycles. The van der Waals surface area contributed by atoms with E-state index in [2.05, 4.69) is 6.07 Å². The van der Waals surface area contributed by atoms with E-state index in [-0.39, 0.29) is 12.5 Å². The second-order valence-electron chi connectivity index (χ2n) is 4.52. The molecule has 1 aliphatic heterocycles. The molecular weight excluding hydrogens is 228 g/mol. The maximum Gasteiger partial charge on any atom is 0.241 e. The summed E-state index contributed by atoms with van der Waals surface area (Å²) in [6, 6.07) is 8.06. The number of carbonyl (C=O) groups is 1. The van der Waals surface area contributed by atoms with Crippen molar-refractivity contribution in [2.45, 2.75) is 13.3 Å². The highest BCUT2D eigenvalue weighted by Gasteiger charge is 2.24. The molecule has 1 N–H and O–H groups in total. The van der Waals surface area contributed by atoms with Gasteiger partial charge in [-0.2, -0.15) is 0 Å². The van der Waals surface area contributed by atoms with Crippen molar-refractivity contribution in [2.75, 3.05) is 37.7 Å². The largest absolute Gasteiger partial charge is 0.395 e. The molecule has 1 aliphatic rings. The molecule has 0 atom stereocenters. The van der Waals surface area contributed by atoms with Gasteiger partial charge in [0.1, 0.15) is 0 Å². The van der Waals surface area contributed by atoms with Crippen molar-refractivity contribution < 1.29 is 9.90 Å². The maximum absolute atomic E-state index is 12.3. The minimum absolute atomic E-state index is 0.0949. The summed E-state index contributed by atoms with van der Waals surface area (Å²) in [5, 5.41) is 8.94. The van der Waals surface area contributed by atoms with E-state index in [0.717, 1.165) is 25.2 Å². The fourth-order valence-electron chi connectivity index (χ4n) is 2.36. The van der Waals surface area contributed by atoms with E-state index >= 15 is 0 Å². The zero-order valence-corrected chi connectivity index (χ0v) is 10.8. The second kappa shape index (κ2) is 5.98. The average molecular weight is 248 g/mol. The Morgan fingerprint density at radius 1 is 1.44 bits per heavy atom. The second-order valence-corrected chi connectivity index (χ2v) is 4.52. The molecule has 4 heteroatoms. The summed E-state index contributed by atoms with van der Waals surface area (Å²) in [5.74, 6) is 0.121. The summed E-state index contributed by atoms with van der Waals surface area (Å²) < 4.78 is 0. The molecule has 0 spiro atoms. The molecule has 4 nitrogen and oxygen atoms in total. The van der Waals surface area contributed by atoms with Crippen molar-refractivity contribution in [1.29, 1.82) is 0 Å². The van der Waals surface area contributed by atoms with Gasteiger partial charge >= 0.3 is 0 Å². The molecule has 2 rings (SSSR count). The lowest BCUT2D eigenvalue weighted by Gasteiger charge is -2.23. The van der Waals surface area contributed by atoms with E-state index in [1.54, 1.807) is 0 Å². The van der Waals surface area contributed by atoms with E-state index in [0.29, 0.717) is 13.1 Å². The van der Waals surface area contributed by atoms with E-state index in [4.69, 9.17) is 5.11 Å². The van der Waals surface area contributed by atoms with Crippen LogP contribution in [0.25, 0.3) is 0 Å². The molecule has 1 aromatic rings. The molecule has 18 heavy (non-hydrogen) atoms. The van der Waals surface area contributed by atoms with Gasteiger partial charge in [0.15, 0.2) is 0 Å². The van der Waals surface area contributed by atoms with Crippen molar-refractivity contribution in [3.63, 3.8) is 0 Å². The Morgan fingerprint density at radius 3 is 2.94 bits per heavy atom. The molecule has 0 radical (unpaired) electrons. The molecule has 1 aromatic carbocycles. The summed E-state index contributed by atoms with van der Waals surface area (Å²) in [4.78, 5) is 16.1. The number of carbonyl (C=O) groups excluding carboxylic acids is 1. The van der Waals surface area contributed by atoms with E-state index in [1.807, 2.05) is 34.9 Å². The molecule has 1 amide bonds. The lowest BCUT2D eigenvalue weighted by molar-refractivity contribution is -0.119. The number of hydrogen-bond donors (Lipinski definition) is 1. The summed E-state index contributed by atoms with van der Waals surface area (Å²) in [6.07, 6.45) is 0.939. The van der Waals surface area contributed by atoms with Gasteiger partial charge in [0.05, 0.1) is 13.2 Å². The van der Waals surface area contributed by atoms with Crippen molar-refractivity contribution in [3.8, 4) is 0 Å². The van der Waals surface area contributed by atoms with E-state index in [1.165, 1.54) is 5.56 Å². The number of rotatable bonds is 5. The SMILES string of the molecule is CCN(CCO)CC(=O)N1CCc2ccccc21. The molecule has 0 saturated heterocycles. The number of benzene rings is 1. The van der Waals surface area contributed by atoms with Gasteiger partial charge in [-0.3, -0.25) is 9.69 Å². The number of nitrogens with zero attached hydrogens (tertiary/aromatic N) is 2. The van der Waals surface area contributed by atoms with Crippen LogP contribution in [0.4, 0.5) is 5.69 Å². The van der Waals surface area contributed by atoms with Gasteiger partial charge in [-0.25, -0.2) is 0 Å². The Morgan fingerprint density at radius 2 is 2.22 bits per heavy atom. The van der Waals surface area contributed by atoms with Crippen molar-refractivity contribution in [2.24, 2.45) is 0 Å². The van der Waals surface area contributed by atoms with E-state index in [9.17, 15) is 4.79 Å². The van der Waals surface area contributed by atoms with Crippen molar-refractivity contribution >= 4 is 11.6 Å². The number of fused-ring (bicyclic) bond motifs is 1. The van der Waals surface area contributed by atoms with Crippen LogP contribution in [0.5, 0.6) is 0 Å². The van der Waals surface area contributed by atoms with Gasteiger partial charge in [0.2, 0.25) is 5.91 Å². The first-order valence-electron chi connectivity index (χ1n) is 6.47. The zero-order chi connectivity index (χ0) is 13.0. The first-order valence-corrected chi connectivity index (χ1v) is 6.47. The van der Waals surface area contributed by atoms with Crippen LogP contribution < -0.4 is 4.90 Å². The van der Waals surface area contributed by atoms with Gasteiger partial charge in [-0.05, 0) is 24.6 Å². The molecule has 0 bridgehead atoms. The Kier molecular flexibility index (Phi) is 4.33. The van der Waals surface area contributed by atoms with Crippen LogP contribution >= 0.6 is 0 Å². The standard InChI is InChI=1S/C14H20N2O2/c1-2-15(9-10-17)11-14(18)16-8-7-12-5-3-4-6-13(12)16/h3-6,17H,2,7-11H2,1H3. The lowest BCUT2D eigenvalue weighted by Crippen LogP contribution is -2.40. The van der Waals surface area contributed by atoms with Gasteiger partial charge in [0, 0.05) is 18.8 Å². The number of hydrogen-bond acceptors (Lipinski definition) is 3. The van der Waals surface area contributed by atoms with Crippen molar-refractivity contribution in [1.82, 2.24) is 4.90 Å². The Bertz CT molecular complexity index is 420. The Labute approximate surface area is 108 Å². The highest BCUT2D eigenvalue weighted by Crippen LogP contribution is 2.27. The predicted octanol–water partition coefficient (Wildman–Crippen LogP) is 0.890. The number of aliphatic hydroxyl groups excluding tert-OH is 1. The van der Waals surface area contributed by atoms with Crippen LogP contribution in [-0.4, -0.2) is 48.7 Å².